The highest BCUT2D eigenvalue weighted by Crippen LogP contribution is 2.42. The first kappa shape index (κ1) is 68.5. The van der Waals surface area contributed by atoms with Gasteiger partial charge in [-0.3, -0.25) is 0 Å². The van der Waals surface area contributed by atoms with E-state index < -0.39 is 0 Å². The number of hydrogen-bond acceptors (Lipinski definition) is 3. The first-order valence-corrected chi connectivity index (χ1v) is 37.7. The highest BCUT2D eigenvalue weighted by Gasteiger charge is 2.19. The van der Waals surface area contributed by atoms with Gasteiger partial charge in [-0.2, -0.15) is 0 Å². The Hall–Kier alpha value is -12.3. The Bertz CT molecular complexity index is 4900. The smallest absolute Gasteiger partial charge is 0.0462 e. The van der Waals surface area contributed by atoms with Crippen LogP contribution in [-0.4, -0.2) is 0 Å². The number of aryl methyl sites for hydroxylation is 3. The lowest BCUT2D eigenvalue weighted by molar-refractivity contribution is 0.795. The minimum atomic E-state index is 1.08. The van der Waals surface area contributed by atoms with E-state index in [4.69, 9.17) is 0 Å². The van der Waals surface area contributed by atoms with Crippen molar-refractivity contribution in [1.29, 1.82) is 0 Å². The average Bonchev–Trinajstić information content (AvgIpc) is 0.802. The van der Waals surface area contributed by atoms with Crippen LogP contribution in [0.15, 0.2) is 376 Å². The van der Waals surface area contributed by atoms with Gasteiger partial charge in [-0.1, -0.05) is 307 Å². The van der Waals surface area contributed by atoms with E-state index in [0.29, 0.717) is 0 Å². The molecule has 0 amide bonds. The number of hydrogen-bond donors (Lipinski definition) is 0. The fraction of sp³-hybridized carbons (Fsp3) is 0.118. The highest BCUT2D eigenvalue weighted by molar-refractivity contribution is 5.85. The zero-order valence-corrected chi connectivity index (χ0v) is 60.5. The molecule has 0 fully saturated rings. The van der Waals surface area contributed by atoms with Gasteiger partial charge in [0.2, 0.25) is 0 Å². The molecule has 15 rings (SSSR count). The van der Waals surface area contributed by atoms with Crippen LogP contribution >= 0.6 is 0 Å². The van der Waals surface area contributed by atoms with Gasteiger partial charge in [-0.15, -0.1) is 0 Å². The number of anilines is 9. The van der Waals surface area contributed by atoms with Crippen LogP contribution in [0, 0.1) is 0 Å². The Morgan fingerprint density at radius 1 is 0.143 bits per heavy atom. The maximum absolute atomic E-state index is 2.38. The van der Waals surface area contributed by atoms with Crippen LogP contribution in [0.5, 0.6) is 0 Å². The van der Waals surface area contributed by atoms with E-state index in [1.54, 1.807) is 0 Å². The zero-order chi connectivity index (χ0) is 71.1. The van der Waals surface area contributed by atoms with Gasteiger partial charge in [0.15, 0.2) is 0 Å². The van der Waals surface area contributed by atoms with E-state index in [0.717, 1.165) is 70.4 Å². The van der Waals surface area contributed by atoms with E-state index in [1.165, 1.54) is 144 Å². The van der Waals surface area contributed by atoms with Gasteiger partial charge >= 0.3 is 0 Å². The van der Waals surface area contributed by atoms with Gasteiger partial charge in [0, 0.05) is 51.2 Å². The summed E-state index contributed by atoms with van der Waals surface area (Å²) in [7, 11) is 0. The van der Waals surface area contributed by atoms with Crippen molar-refractivity contribution in [3.8, 4) is 89.0 Å². The molecule has 0 bridgehead atoms. The molecule has 0 N–H and O–H groups in total. The molecule has 0 saturated heterocycles. The van der Waals surface area contributed by atoms with Crippen molar-refractivity contribution in [2.24, 2.45) is 0 Å². The maximum atomic E-state index is 2.38. The first-order valence-electron chi connectivity index (χ1n) is 37.7. The average molecular weight is 1360 g/mol. The predicted molar refractivity (Wildman–Crippen MR) is 450 cm³/mol. The summed E-state index contributed by atoms with van der Waals surface area (Å²) >= 11 is 0. The lowest BCUT2D eigenvalue weighted by Gasteiger charge is -2.26. The van der Waals surface area contributed by atoms with E-state index in [-0.39, 0.29) is 0 Å². The summed E-state index contributed by atoms with van der Waals surface area (Å²) in [6.45, 7) is 6.78. The van der Waals surface area contributed by atoms with Crippen molar-refractivity contribution >= 4 is 51.2 Å². The standard InChI is InChI=1S/C102H89N3/c1-4-7-16-75-23-57-94(58-24-75)103(97-63-45-88(46-64-97)82-33-29-80(30-34-82)78-19-12-10-13-20-78)99-67-49-90(50-68-99)84-37-41-86(42-38-84)92-53-71-101(72-54-92)105(96-61-27-77(28-62-96)18-9-6-3)102-73-55-93(56-74-102)87-43-39-85(40-44-87)91-51-69-100(70-52-91)104(95-59-25-76(26-60-95)17-8-5-2)98-65-47-89(48-66-98)83-35-31-81(32-36-83)79-21-14-11-15-22-79/h10-15,19-74H,4-9,16-18H2,1-3H3. The Morgan fingerprint density at radius 2 is 0.267 bits per heavy atom. The van der Waals surface area contributed by atoms with Gasteiger partial charge in [-0.25, -0.2) is 0 Å². The van der Waals surface area contributed by atoms with Crippen molar-refractivity contribution in [3.63, 3.8) is 0 Å². The van der Waals surface area contributed by atoms with Crippen molar-refractivity contribution in [2.75, 3.05) is 14.7 Å². The molecule has 105 heavy (non-hydrogen) atoms. The Balaban J connectivity index is 0.637. The van der Waals surface area contributed by atoms with E-state index in [9.17, 15) is 0 Å². The number of benzene rings is 15. The van der Waals surface area contributed by atoms with Gasteiger partial charge in [0.1, 0.15) is 0 Å². The van der Waals surface area contributed by atoms with Crippen LogP contribution in [0.1, 0.15) is 76.0 Å². The Morgan fingerprint density at radius 3 is 0.410 bits per heavy atom. The summed E-state index contributed by atoms with van der Waals surface area (Å²) < 4.78 is 0. The second kappa shape index (κ2) is 32.8. The van der Waals surface area contributed by atoms with Crippen molar-refractivity contribution in [2.45, 2.75) is 78.6 Å². The monoisotopic (exact) mass is 1360 g/mol. The quantitative estimate of drug-likeness (QED) is 0.0535. The van der Waals surface area contributed by atoms with Crippen LogP contribution in [0.3, 0.4) is 0 Å². The molecule has 0 heterocycles. The molecule has 0 radical (unpaired) electrons. The summed E-state index contributed by atoms with van der Waals surface area (Å²) in [6.07, 6.45) is 10.4. The van der Waals surface area contributed by atoms with Crippen LogP contribution in [0.25, 0.3) is 89.0 Å². The molecule has 0 atom stereocenters. The minimum Gasteiger partial charge on any atom is -0.311 e. The van der Waals surface area contributed by atoms with Crippen LogP contribution in [0.2, 0.25) is 0 Å². The topological polar surface area (TPSA) is 9.72 Å². The zero-order valence-electron chi connectivity index (χ0n) is 60.5. The molecule has 0 aliphatic rings. The second-order valence-electron chi connectivity index (χ2n) is 27.6. The van der Waals surface area contributed by atoms with Crippen LogP contribution in [0.4, 0.5) is 51.2 Å². The molecule has 0 aliphatic carbocycles. The van der Waals surface area contributed by atoms with Gasteiger partial charge < -0.3 is 14.7 Å². The third-order valence-corrected chi connectivity index (χ3v) is 20.5. The fourth-order valence-electron chi connectivity index (χ4n) is 14.4. The molecular weight excluding hydrogens is 1270 g/mol. The molecule has 15 aromatic rings. The molecule has 0 spiro atoms. The lowest BCUT2D eigenvalue weighted by Crippen LogP contribution is -2.10. The van der Waals surface area contributed by atoms with Crippen LogP contribution < -0.4 is 14.7 Å². The molecule has 0 saturated carbocycles. The second-order valence-corrected chi connectivity index (χ2v) is 27.6. The summed E-state index contributed by atoms with van der Waals surface area (Å²) in [4.78, 5) is 7.13. The lowest BCUT2D eigenvalue weighted by atomic mass is 9.99. The molecule has 0 aromatic heterocycles. The predicted octanol–water partition coefficient (Wildman–Crippen LogP) is 29.5. The summed E-state index contributed by atoms with van der Waals surface area (Å²) in [5.41, 5.74) is 33.3. The fourth-order valence-corrected chi connectivity index (χ4v) is 14.4. The van der Waals surface area contributed by atoms with Crippen LogP contribution in [-0.2, 0) is 19.3 Å². The number of unbranched alkanes of at least 4 members (excludes halogenated alkanes) is 3. The maximum Gasteiger partial charge on any atom is 0.0462 e. The first-order chi connectivity index (χ1) is 51.9. The van der Waals surface area contributed by atoms with E-state index in [1.807, 2.05) is 0 Å². The Kier molecular flexibility index (Phi) is 21.4. The molecule has 512 valence electrons. The van der Waals surface area contributed by atoms with Gasteiger partial charge in [0.05, 0.1) is 0 Å². The SMILES string of the molecule is CCCCc1ccc(N(c2ccc(-c3ccc(-c4ccccc4)cc3)cc2)c2ccc(-c3ccc(-c4ccc(N(c5ccc(CCCC)cc5)c5ccc(-c6ccc(-c7ccc(N(c8ccc(CCCC)cc8)c8ccc(-c9ccc(-c%10ccccc%10)cc9)cc8)cc7)cc6)cc5)cc4)cc3)cc2)cc1. The van der Waals surface area contributed by atoms with Crippen molar-refractivity contribution in [3.05, 3.63) is 393 Å². The summed E-state index contributed by atoms with van der Waals surface area (Å²) in [5, 5.41) is 0. The van der Waals surface area contributed by atoms with E-state index in [2.05, 4.69) is 412 Å². The molecule has 0 aliphatic heterocycles. The van der Waals surface area contributed by atoms with Crippen molar-refractivity contribution in [1.82, 2.24) is 0 Å². The van der Waals surface area contributed by atoms with E-state index >= 15 is 0 Å². The largest absolute Gasteiger partial charge is 0.311 e. The van der Waals surface area contributed by atoms with Crippen molar-refractivity contribution < 1.29 is 0 Å². The number of rotatable bonds is 26. The summed E-state index contributed by atoms with van der Waals surface area (Å²) in [6, 6.07) is 139. The summed E-state index contributed by atoms with van der Waals surface area (Å²) in [5.74, 6) is 0. The molecule has 3 nitrogen and oxygen atoms in total. The third-order valence-electron chi connectivity index (χ3n) is 20.5. The normalized spacial score (nSPS) is 11.2. The third kappa shape index (κ3) is 16.2. The molecule has 15 aromatic carbocycles. The molecule has 0 unspecified atom stereocenters. The molecular formula is C102H89N3. The van der Waals surface area contributed by atoms with Gasteiger partial charge in [-0.05, 0) is 253 Å². The number of nitrogens with zero attached hydrogens (tertiary/aromatic N) is 3. The minimum absolute atomic E-state index is 1.08. The van der Waals surface area contributed by atoms with Gasteiger partial charge in [0.25, 0.3) is 0 Å². The Labute approximate surface area is 622 Å². The molecule has 3 heteroatoms. The highest BCUT2D eigenvalue weighted by atomic mass is 15.2.